The standard InChI is InChI=1S/C5H12P2S2/c1-7(5-8)3-6-4-9-2/h5-6H,3-4H2,1-2H3. The lowest BCUT2D eigenvalue weighted by Crippen LogP contribution is -1.73. The molecule has 0 aromatic heterocycles. The topological polar surface area (TPSA) is 0 Å². The van der Waals surface area contributed by atoms with Gasteiger partial charge in [0.15, 0.2) is 0 Å². The average molecular weight is 198 g/mol. The highest BCUT2D eigenvalue weighted by atomic mass is 32.2. The van der Waals surface area contributed by atoms with Crippen molar-refractivity contribution < 1.29 is 0 Å². The molecule has 0 rings (SSSR count). The monoisotopic (exact) mass is 198 g/mol. The molecule has 0 bridgehead atoms. The van der Waals surface area contributed by atoms with Crippen molar-refractivity contribution in [3.05, 3.63) is 0 Å². The largest absolute Gasteiger partial charge is 0.161 e. The maximum absolute atomic E-state index is 4.83. The van der Waals surface area contributed by atoms with E-state index in [1.807, 2.05) is 16.9 Å². The fourth-order valence-corrected chi connectivity index (χ4v) is 4.74. The Morgan fingerprint density at radius 1 is 1.78 bits per heavy atom. The van der Waals surface area contributed by atoms with Crippen molar-refractivity contribution in [1.82, 2.24) is 0 Å². The Morgan fingerprint density at radius 3 is 2.89 bits per heavy atom. The van der Waals surface area contributed by atoms with Gasteiger partial charge in [0.25, 0.3) is 0 Å². The number of rotatable bonds is 5. The normalized spacial score (nSPS) is 14.4. The summed E-state index contributed by atoms with van der Waals surface area (Å²) in [5.41, 5.74) is 1.32. The van der Waals surface area contributed by atoms with Gasteiger partial charge in [-0.25, -0.2) is 0 Å². The van der Waals surface area contributed by atoms with Crippen molar-refractivity contribution in [2.24, 2.45) is 0 Å². The summed E-state index contributed by atoms with van der Waals surface area (Å²) in [6.45, 7) is 2.25. The highest BCUT2D eigenvalue weighted by Gasteiger charge is 1.93. The van der Waals surface area contributed by atoms with E-state index in [2.05, 4.69) is 12.9 Å². The number of hydrogen-bond donors (Lipinski definition) is 0. The Balaban J connectivity index is 2.96. The molecule has 0 aromatic carbocycles. The lowest BCUT2D eigenvalue weighted by Gasteiger charge is -2.02. The van der Waals surface area contributed by atoms with E-state index in [1.165, 1.54) is 11.4 Å². The van der Waals surface area contributed by atoms with Crippen LogP contribution in [-0.2, 0) is 0 Å². The molecule has 2 unspecified atom stereocenters. The Morgan fingerprint density at radius 2 is 2.44 bits per heavy atom. The quantitative estimate of drug-likeness (QED) is 0.378. The highest BCUT2D eigenvalue weighted by Crippen LogP contribution is 2.36. The average Bonchev–Trinajstić information content (AvgIpc) is 1.89. The summed E-state index contributed by atoms with van der Waals surface area (Å²) < 4.78 is 0. The van der Waals surface area contributed by atoms with Gasteiger partial charge in [0, 0.05) is 10.6 Å². The van der Waals surface area contributed by atoms with Gasteiger partial charge in [-0.05, 0) is 18.8 Å². The number of thioether (sulfide) groups is 1. The van der Waals surface area contributed by atoms with Crippen LogP contribution >= 0.6 is 40.5 Å². The summed E-state index contributed by atoms with van der Waals surface area (Å²) in [6.07, 6.45) is 2.16. The molecule has 0 radical (unpaired) electrons. The highest BCUT2D eigenvalue weighted by molar-refractivity contribution is 8.04. The van der Waals surface area contributed by atoms with Gasteiger partial charge in [0.2, 0.25) is 0 Å². The summed E-state index contributed by atoms with van der Waals surface area (Å²) in [5, 5.41) is 1.93. The molecule has 0 nitrogen and oxygen atoms in total. The second kappa shape index (κ2) is 7.41. The van der Waals surface area contributed by atoms with Crippen LogP contribution < -0.4 is 0 Å². The van der Waals surface area contributed by atoms with Gasteiger partial charge in [0.1, 0.15) is 0 Å². The lowest BCUT2D eigenvalue weighted by atomic mass is 11.8. The van der Waals surface area contributed by atoms with Crippen LogP contribution in [0, 0.1) is 0 Å². The van der Waals surface area contributed by atoms with Gasteiger partial charge in [-0.15, -0.1) is 8.58 Å². The molecule has 0 aliphatic rings. The van der Waals surface area contributed by atoms with E-state index < -0.39 is 0 Å². The zero-order valence-electron chi connectivity index (χ0n) is 5.76. The Kier molecular flexibility index (Phi) is 8.48. The van der Waals surface area contributed by atoms with Crippen LogP contribution in [0.2, 0.25) is 0 Å². The first-order chi connectivity index (χ1) is 4.31. The van der Waals surface area contributed by atoms with Crippen LogP contribution in [0.4, 0.5) is 0 Å². The summed E-state index contributed by atoms with van der Waals surface area (Å²) in [6, 6.07) is 0. The molecule has 54 valence electrons. The molecule has 0 fully saturated rings. The zero-order chi connectivity index (χ0) is 7.11. The van der Waals surface area contributed by atoms with Crippen LogP contribution in [-0.4, -0.2) is 29.4 Å². The third-order valence-corrected chi connectivity index (χ3v) is 7.09. The smallest absolute Gasteiger partial charge is 0.0108 e. The molecule has 0 saturated heterocycles. The van der Waals surface area contributed by atoms with E-state index in [1.54, 1.807) is 0 Å². The first kappa shape index (κ1) is 10.3. The third kappa shape index (κ3) is 7.19. The molecule has 4 heteroatoms. The van der Waals surface area contributed by atoms with Crippen LogP contribution in [0.15, 0.2) is 0 Å². The molecule has 0 saturated carbocycles. The van der Waals surface area contributed by atoms with E-state index in [9.17, 15) is 0 Å². The molecule has 0 N–H and O–H groups in total. The maximum Gasteiger partial charge on any atom is 0.0108 e. The second-order valence-electron chi connectivity index (χ2n) is 1.70. The van der Waals surface area contributed by atoms with E-state index in [0.717, 1.165) is 8.58 Å². The van der Waals surface area contributed by atoms with Crippen LogP contribution in [0.5, 0.6) is 0 Å². The first-order valence-electron chi connectivity index (χ1n) is 2.66. The molecule has 0 amide bonds. The Hall–Kier alpha value is 1.30. The van der Waals surface area contributed by atoms with E-state index in [-0.39, 0.29) is 7.92 Å². The van der Waals surface area contributed by atoms with Gasteiger partial charge in [-0.3, -0.25) is 0 Å². The van der Waals surface area contributed by atoms with Crippen molar-refractivity contribution in [3.8, 4) is 0 Å². The van der Waals surface area contributed by atoms with Crippen molar-refractivity contribution in [3.63, 3.8) is 0 Å². The molecule has 9 heavy (non-hydrogen) atoms. The molecule has 2 atom stereocenters. The van der Waals surface area contributed by atoms with Crippen molar-refractivity contribution in [1.29, 1.82) is 0 Å². The van der Waals surface area contributed by atoms with E-state index in [0.29, 0.717) is 0 Å². The van der Waals surface area contributed by atoms with E-state index >= 15 is 0 Å². The zero-order valence-corrected chi connectivity index (χ0v) is 9.28. The van der Waals surface area contributed by atoms with Crippen LogP contribution in [0.3, 0.4) is 0 Å². The molecule has 0 aliphatic heterocycles. The predicted octanol–water partition coefficient (Wildman–Crippen LogP) is 3.01. The number of thiocarbonyl (C=S) groups is 1. The minimum atomic E-state index is 0.0989. The maximum atomic E-state index is 4.83. The van der Waals surface area contributed by atoms with Gasteiger partial charge in [-0.2, -0.15) is 11.8 Å². The minimum Gasteiger partial charge on any atom is -0.161 e. The SMILES string of the molecule is CSCPCP(C)C=S. The number of hydrogen-bond acceptors (Lipinski definition) is 2. The first-order valence-corrected chi connectivity index (χ1v) is 7.98. The Bertz CT molecular complexity index is 77.4. The lowest BCUT2D eigenvalue weighted by molar-refractivity contribution is 2.06. The molecule has 0 aliphatic carbocycles. The van der Waals surface area contributed by atoms with Crippen molar-refractivity contribution in [2.75, 3.05) is 24.3 Å². The molecule has 0 aromatic rings. The van der Waals surface area contributed by atoms with Crippen LogP contribution in [0.25, 0.3) is 0 Å². The third-order valence-electron chi connectivity index (χ3n) is 0.788. The summed E-state index contributed by atoms with van der Waals surface area (Å²) >= 11 is 6.75. The van der Waals surface area contributed by atoms with Gasteiger partial charge < -0.3 is 0 Å². The van der Waals surface area contributed by atoms with Crippen molar-refractivity contribution in [2.45, 2.75) is 0 Å². The van der Waals surface area contributed by atoms with E-state index in [4.69, 9.17) is 12.2 Å². The fourth-order valence-electron chi connectivity index (χ4n) is 0.361. The van der Waals surface area contributed by atoms with Gasteiger partial charge >= 0.3 is 0 Å². The predicted molar refractivity (Wildman–Crippen MR) is 58.1 cm³/mol. The van der Waals surface area contributed by atoms with Crippen LogP contribution in [0.1, 0.15) is 0 Å². The molecular weight excluding hydrogens is 186 g/mol. The summed E-state index contributed by atoms with van der Waals surface area (Å²) in [5.74, 6) is 1.35. The Labute approximate surface area is 70.1 Å². The van der Waals surface area contributed by atoms with Gasteiger partial charge in [-0.1, -0.05) is 20.1 Å². The summed E-state index contributed by atoms with van der Waals surface area (Å²) in [4.78, 5) is 0. The summed E-state index contributed by atoms with van der Waals surface area (Å²) in [7, 11) is 1.21. The molecule has 0 heterocycles. The molecule has 0 spiro atoms. The minimum absolute atomic E-state index is 0.0989. The van der Waals surface area contributed by atoms with Crippen molar-refractivity contribution >= 4 is 45.6 Å². The van der Waals surface area contributed by atoms with Gasteiger partial charge in [0.05, 0.1) is 0 Å². The fraction of sp³-hybridized carbons (Fsp3) is 0.800. The second-order valence-corrected chi connectivity index (χ2v) is 7.56. The molecular formula is C5H12P2S2.